The molecule has 3 fully saturated rings. The standard InChI is InChI=1S/C34H28BrIN2O6/c1-34-25(31(41)38(33(34)43)19-6-4-3-5-7-19)16-23-21(28(34)24-14-17(35)15-26(44-2)29(24)39)12-13-22-27(23)32(42)37(30(22)40)20-10-8-18(36)9-11-20/h3-12,14-15,22-23,25,27-28,39H,13,16H2,1-2H3. The van der Waals surface area contributed by atoms with Crippen LogP contribution in [-0.4, -0.2) is 35.8 Å². The van der Waals surface area contributed by atoms with E-state index in [1.54, 1.807) is 55.5 Å². The van der Waals surface area contributed by atoms with Gasteiger partial charge in [0, 0.05) is 19.5 Å². The number of methoxy groups -OCH3 is 1. The minimum absolute atomic E-state index is 0.128. The van der Waals surface area contributed by atoms with Crippen molar-refractivity contribution in [2.24, 2.45) is 29.1 Å². The Balaban J connectivity index is 1.40. The molecule has 2 aliphatic heterocycles. The number of para-hydroxylation sites is 1. The van der Waals surface area contributed by atoms with E-state index in [0.29, 0.717) is 27.8 Å². The van der Waals surface area contributed by atoms with Crippen LogP contribution in [0.2, 0.25) is 0 Å². The maximum Gasteiger partial charge on any atom is 0.241 e. The second-order valence-corrected chi connectivity index (χ2v) is 14.2. The molecule has 7 rings (SSSR count). The molecule has 10 heteroatoms. The van der Waals surface area contributed by atoms with Gasteiger partial charge < -0.3 is 9.84 Å². The molecule has 1 saturated carbocycles. The van der Waals surface area contributed by atoms with Crippen LogP contribution in [0.15, 0.2) is 82.9 Å². The van der Waals surface area contributed by atoms with Crippen molar-refractivity contribution in [2.75, 3.05) is 16.9 Å². The molecule has 4 aliphatic rings. The summed E-state index contributed by atoms with van der Waals surface area (Å²) in [6.07, 6.45) is 2.52. The van der Waals surface area contributed by atoms with Crippen LogP contribution in [0.25, 0.3) is 0 Å². The van der Waals surface area contributed by atoms with Crippen LogP contribution in [0.3, 0.4) is 0 Å². The third kappa shape index (κ3) is 4.06. The molecular formula is C34H28BrIN2O6. The molecule has 2 saturated heterocycles. The van der Waals surface area contributed by atoms with Crippen molar-refractivity contribution >= 4 is 73.5 Å². The average Bonchev–Trinajstić information content (AvgIpc) is 3.38. The molecule has 6 unspecified atom stereocenters. The number of halogens is 2. The number of imide groups is 2. The van der Waals surface area contributed by atoms with E-state index in [-0.39, 0.29) is 41.5 Å². The number of carbonyl (C=O) groups excluding carboxylic acids is 4. The van der Waals surface area contributed by atoms with E-state index < -0.39 is 35.0 Å². The molecule has 0 bridgehead atoms. The van der Waals surface area contributed by atoms with Crippen molar-refractivity contribution < 1.29 is 29.0 Å². The number of hydrogen-bond acceptors (Lipinski definition) is 6. The first-order valence-electron chi connectivity index (χ1n) is 14.4. The van der Waals surface area contributed by atoms with E-state index in [4.69, 9.17) is 4.74 Å². The zero-order valence-corrected chi connectivity index (χ0v) is 27.6. The Morgan fingerprint density at radius 3 is 2.27 bits per heavy atom. The van der Waals surface area contributed by atoms with Gasteiger partial charge >= 0.3 is 0 Å². The zero-order valence-electron chi connectivity index (χ0n) is 23.9. The first kappa shape index (κ1) is 29.2. The molecule has 44 heavy (non-hydrogen) atoms. The minimum atomic E-state index is -1.27. The number of benzene rings is 3. The van der Waals surface area contributed by atoms with Crippen LogP contribution in [0, 0.1) is 32.7 Å². The highest BCUT2D eigenvalue weighted by Gasteiger charge is 2.68. The Kier molecular flexibility index (Phi) is 7.00. The van der Waals surface area contributed by atoms with E-state index in [1.807, 2.05) is 24.3 Å². The van der Waals surface area contributed by atoms with E-state index in [9.17, 15) is 24.3 Å². The fourth-order valence-corrected chi connectivity index (χ4v) is 8.81. The molecule has 6 atom stereocenters. The van der Waals surface area contributed by atoms with Gasteiger partial charge in [-0.05, 0) is 96.8 Å². The van der Waals surface area contributed by atoms with Gasteiger partial charge in [0.2, 0.25) is 23.6 Å². The lowest BCUT2D eigenvalue weighted by Crippen LogP contribution is -2.49. The number of nitrogens with zero attached hydrogens (tertiary/aromatic N) is 2. The number of anilines is 2. The van der Waals surface area contributed by atoms with Gasteiger partial charge in [-0.2, -0.15) is 0 Å². The van der Waals surface area contributed by atoms with Gasteiger partial charge in [-0.15, -0.1) is 0 Å². The molecule has 3 aromatic rings. The van der Waals surface area contributed by atoms with Crippen molar-refractivity contribution in [1.82, 2.24) is 0 Å². The van der Waals surface area contributed by atoms with Crippen LogP contribution < -0.4 is 14.5 Å². The summed E-state index contributed by atoms with van der Waals surface area (Å²) in [6, 6.07) is 19.5. The van der Waals surface area contributed by atoms with Crippen LogP contribution >= 0.6 is 38.5 Å². The van der Waals surface area contributed by atoms with Gasteiger partial charge in [-0.3, -0.25) is 24.1 Å². The molecule has 8 nitrogen and oxygen atoms in total. The van der Waals surface area contributed by atoms with Crippen LogP contribution in [0.4, 0.5) is 11.4 Å². The summed E-state index contributed by atoms with van der Waals surface area (Å²) in [7, 11) is 1.45. The number of hydrogen-bond donors (Lipinski definition) is 1. The smallest absolute Gasteiger partial charge is 0.241 e. The summed E-state index contributed by atoms with van der Waals surface area (Å²) < 4.78 is 7.10. The fraction of sp³-hybridized carbons (Fsp3) is 0.294. The normalized spacial score (nSPS) is 29.4. The van der Waals surface area contributed by atoms with Crippen LogP contribution in [0.1, 0.15) is 31.2 Å². The Morgan fingerprint density at radius 2 is 1.59 bits per heavy atom. The highest BCUT2D eigenvalue weighted by Crippen LogP contribution is 2.65. The Bertz CT molecular complexity index is 1780. The number of aromatic hydroxyl groups is 1. The number of phenolic OH excluding ortho intramolecular Hbond substituents is 1. The van der Waals surface area contributed by atoms with E-state index >= 15 is 0 Å². The van der Waals surface area contributed by atoms with Crippen molar-refractivity contribution in [1.29, 1.82) is 0 Å². The molecule has 0 aromatic heterocycles. The lowest BCUT2D eigenvalue weighted by molar-refractivity contribution is -0.131. The number of carbonyl (C=O) groups is 4. The van der Waals surface area contributed by atoms with Gasteiger partial charge in [0.15, 0.2) is 11.5 Å². The largest absolute Gasteiger partial charge is 0.504 e. The number of rotatable bonds is 4. The highest BCUT2D eigenvalue weighted by atomic mass is 127. The molecule has 1 N–H and O–H groups in total. The van der Waals surface area contributed by atoms with E-state index in [1.165, 1.54) is 16.9 Å². The molecule has 0 spiro atoms. The Hall–Kier alpha value is -3.51. The minimum Gasteiger partial charge on any atom is -0.504 e. The predicted molar refractivity (Wildman–Crippen MR) is 175 cm³/mol. The summed E-state index contributed by atoms with van der Waals surface area (Å²) in [6.45, 7) is 1.79. The molecule has 2 aliphatic carbocycles. The number of fused-ring (bicyclic) bond motifs is 4. The van der Waals surface area contributed by atoms with E-state index in [2.05, 4.69) is 38.5 Å². The van der Waals surface area contributed by atoms with Gasteiger partial charge in [0.05, 0.1) is 41.7 Å². The van der Waals surface area contributed by atoms with Crippen molar-refractivity contribution in [3.63, 3.8) is 0 Å². The van der Waals surface area contributed by atoms with Gasteiger partial charge in [-0.1, -0.05) is 45.8 Å². The van der Waals surface area contributed by atoms with E-state index in [0.717, 1.165) is 9.14 Å². The number of ether oxygens (including phenoxy) is 1. The first-order valence-corrected chi connectivity index (χ1v) is 16.3. The van der Waals surface area contributed by atoms with Crippen molar-refractivity contribution in [3.8, 4) is 11.5 Å². The second-order valence-electron chi connectivity index (χ2n) is 12.0. The number of amides is 4. The molecule has 3 aromatic carbocycles. The molecule has 224 valence electrons. The molecule has 0 radical (unpaired) electrons. The van der Waals surface area contributed by atoms with Crippen LogP contribution in [-0.2, 0) is 19.2 Å². The predicted octanol–water partition coefficient (Wildman–Crippen LogP) is 6.20. The zero-order chi connectivity index (χ0) is 31.1. The molecule has 2 heterocycles. The molecule has 4 amide bonds. The average molecular weight is 767 g/mol. The summed E-state index contributed by atoms with van der Waals surface area (Å²) in [5.74, 6) is -4.47. The van der Waals surface area contributed by atoms with Gasteiger partial charge in [-0.25, -0.2) is 4.90 Å². The summed E-state index contributed by atoms with van der Waals surface area (Å²) >= 11 is 5.71. The second kappa shape index (κ2) is 10.5. The quantitative estimate of drug-likeness (QED) is 0.193. The van der Waals surface area contributed by atoms with Crippen molar-refractivity contribution in [2.45, 2.75) is 25.7 Å². The fourth-order valence-electron chi connectivity index (χ4n) is 8.00. The van der Waals surface area contributed by atoms with Crippen LogP contribution in [0.5, 0.6) is 11.5 Å². The lowest BCUT2D eigenvalue weighted by atomic mass is 9.51. The van der Waals surface area contributed by atoms with Crippen molar-refractivity contribution in [3.05, 3.63) is 92.0 Å². The SMILES string of the molecule is COc1cc(Br)cc(C2C3=CCC4C(=O)N(c5ccc(I)cc5)C(=O)C4C3CC3C(=O)N(c4ccccc4)C(=O)C32C)c1O. The topological polar surface area (TPSA) is 104 Å². The Labute approximate surface area is 276 Å². The maximum atomic E-state index is 14.5. The third-order valence-corrected chi connectivity index (χ3v) is 11.2. The monoisotopic (exact) mass is 766 g/mol. The number of allylic oxidation sites excluding steroid dienone is 2. The first-order chi connectivity index (χ1) is 21.1. The summed E-state index contributed by atoms with van der Waals surface area (Å²) in [4.78, 5) is 59.3. The third-order valence-electron chi connectivity index (χ3n) is 9.97. The molecular weight excluding hydrogens is 739 g/mol. The van der Waals surface area contributed by atoms with Gasteiger partial charge in [0.25, 0.3) is 0 Å². The lowest BCUT2D eigenvalue weighted by Gasteiger charge is -2.49. The Morgan fingerprint density at radius 1 is 0.909 bits per heavy atom. The number of phenols is 1. The highest BCUT2D eigenvalue weighted by molar-refractivity contribution is 14.1. The van der Waals surface area contributed by atoms with Gasteiger partial charge in [0.1, 0.15) is 0 Å². The summed E-state index contributed by atoms with van der Waals surface area (Å²) in [5.41, 5.74) is 0.944. The maximum absolute atomic E-state index is 14.5. The summed E-state index contributed by atoms with van der Waals surface area (Å²) in [5, 5.41) is 11.5.